The van der Waals surface area contributed by atoms with E-state index in [9.17, 15) is 77.3 Å². The third-order valence-electron chi connectivity index (χ3n) is 14.9. The van der Waals surface area contributed by atoms with E-state index in [1.165, 1.54) is 4.90 Å². The molecular weight excluding hydrogens is 1220 g/mol. The normalized spacial score (nSPS) is 16.8. The highest BCUT2D eigenvalue weighted by Gasteiger charge is 2.41. The molecule has 2 aliphatic rings. The third-order valence-corrected chi connectivity index (χ3v) is 14.9. The van der Waals surface area contributed by atoms with Crippen molar-refractivity contribution in [1.29, 1.82) is 0 Å². The fourth-order valence-electron chi connectivity index (χ4n) is 10.1. The fourth-order valence-corrected chi connectivity index (χ4v) is 10.1. The third kappa shape index (κ3) is 31.7. The van der Waals surface area contributed by atoms with Gasteiger partial charge in [-0.05, 0) is 135 Å². The van der Waals surface area contributed by atoms with Gasteiger partial charge in [-0.25, -0.2) is 4.79 Å². The van der Waals surface area contributed by atoms with Crippen LogP contribution in [0.15, 0.2) is 9.98 Å². The molecule has 93 heavy (non-hydrogen) atoms. The Bertz CT molecular complexity index is 2620. The van der Waals surface area contributed by atoms with E-state index < -0.39 is 169 Å². The van der Waals surface area contributed by atoms with Crippen molar-refractivity contribution in [1.82, 2.24) is 58.1 Å². The van der Waals surface area contributed by atoms with Gasteiger partial charge in [0.25, 0.3) is 0 Å². The maximum absolute atomic E-state index is 14.7. The average molecular weight is 1320 g/mol. The Morgan fingerprint density at radius 3 is 1.49 bits per heavy atom. The highest BCUT2D eigenvalue weighted by Crippen LogP contribution is 2.21. The van der Waals surface area contributed by atoms with E-state index >= 15 is 0 Å². The van der Waals surface area contributed by atoms with Crippen LogP contribution in [0.25, 0.3) is 0 Å². The maximum Gasteiger partial charge on any atom is 0.326 e. The monoisotopic (exact) mass is 1320 g/mol. The number of hydrogen-bond acceptors (Lipinski definition) is 19. The number of carboxylic acids is 3. The zero-order valence-electron chi connectivity index (χ0n) is 52.9. The zero-order chi connectivity index (χ0) is 69.7. The van der Waals surface area contributed by atoms with Gasteiger partial charge in [-0.3, -0.25) is 72.3 Å². The van der Waals surface area contributed by atoms with Crippen molar-refractivity contribution in [2.45, 2.75) is 203 Å². The Labute approximate surface area is 538 Å². The molecule has 0 aromatic rings. The van der Waals surface area contributed by atoms with E-state index in [4.69, 9.17) is 45.2 Å². The minimum absolute atomic E-state index is 0.00205. The lowest BCUT2D eigenvalue weighted by Crippen LogP contribution is -2.60. The number of carbonyl (C=O) groups is 14. The lowest BCUT2D eigenvalue weighted by molar-refractivity contribution is -0.144. The predicted octanol–water partition coefficient (Wildman–Crippen LogP) is -7.18. The Hall–Kier alpha value is -9.00. The maximum atomic E-state index is 14.7. The van der Waals surface area contributed by atoms with Crippen LogP contribution in [0.2, 0.25) is 0 Å². The van der Waals surface area contributed by atoms with Crippen molar-refractivity contribution in [2.24, 2.45) is 56.0 Å². The molecule has 2 aliphatic heterocycles. The Morgan fingerprint density at radius 2 is 0.978 bits per heavy atom. The standard InChI is InChI=1S/C56H98N20O17/c1-30(2)27-38(50(88)73-37(54(92)93)18-20-43(79)80)74-51(89)39(28-44(81)82)75-48(86)34(15-9-25-66-56(62)63)71-52(90)40-16-10-26-76(40)53(91)36(12-4-6-22-58)72-47(85)33(14-8-24-65-55(60)61)68-42(78)29-67-45(83)32(11-3-5-21-57)69-49(87)35(17-19-41(59)77)70-46(84)31-13-7-23-64-31/h30-40,64H,3-29,57-58H2,1-2H3,(H2,59,77)(H,67,83)(H,68,78)(H,69,87)(H,70,84)(H,71,90)(H,72,85)(H,73,88)(H,74,89)(H,75,86)(H,79,80)(H,81,82)(H,92,93)(H4,60,61,65)(H4,62,63,66)/t31-,32-,33-,34-,35-,36-,37-,38-,39-,40-/m0/s1. The molecule has 11 amide bonds. The first kappa shape index (κ1) is 80.1. The van der Waals surface area contributed by atoms with Crippen LogP contribution in [-0.4, -0.2) is 221 Å². The Kier molecular flexibility index (Phi) is 37.0. The summed E-state index contributed by atoms with van der Waals surface area (Å²) in [5.74, 6) is -14.9. The molecule has 27 N–H and O–H groups in total. The number of carbonyl (C=O) groups excluding carboxylic acids is 11. The molecule has 524 valence electrons. The van der Waals surface area contributed by atoms with Crippen LogP contribution in [0.3, 0.4) is 0 Å². The number of nitrogens with one attached hydrogen (secondary N) is 10. The summed E-state index contributed by atoms with van der Waals surface area (Å²) < 4.78 is 0. The summed E-state index contributed by atoms with van der Waals surface area (Å²) in [4.78, 5) is 195. The van der Waals surface area contributed by atoms with Crippen molar-refractivity contribution in [3.63, 3.8) is 0 Å². The summed E-state index contributed by atoms with van der Waals surface area (Å²) in [6.45, 7) is 3.53. The van der Waals surface area contributed by atoms with E-state index in [0.29, 0.717) is 32.2 Å². The molecule has 37 heteroatoms. The second-order valence-electron chi connectivity index (χ2n) is 23.1. The van der Waals surface area contributed by atoms with Gasteiger partial charge in [-0.2, -0.15) is 0 Å². The molecule has 0 radical (unpaired) electrons. The largest absolute Gasteiger partial charge is 0.481 e. The number of hydrogen-bond donors (Lipinski definition) is 20. The number of unbranched alkanes of at least 4 members (excludes halogenated alkanes) is 2. The van der Waals surface area contributed by atoms with Crippen molar-refractivity contribution in [3.8, 4) is 0 Å². The Morgan fingerprint density at radius 1 is 0.505 bits per heavy atom. The number of nitrogens with two attached hydrogens (primary N) is 7. The fraction of sp³-hybridized carbons (Fsp3) is 0.714. The van der Waals surface area contributed by atoms with Crippen LogP contribution in [0, 0.1) is 5.92 Å². The number of guanidine groups is 2. The van der Waals surface area contributed by atoms with Gasteiger partial charge in [0.1, 0.15) is 54.4 Å². The number of carboxylic acid groups (broad SMARTS) is 3. The van der Waals surface area contributed by atoms with Crippen LogP contribution in [-0.2, 0) is 67.1 Å². The number of aliphatic imine (C=N–C) groups is 2. The van der Waals surface area contributed by atoms with Gasteiger partial charge < -0.3 is 114 Å². The average Bonchev–Trinajstić information content (AvgIpc) is 1.79. The quantitative estimate of drug-likeness (QED) is 0.0153. The molecule has 0 bridgehead atoms. The second kappa shape index (κ2) is 42.9. The van der Waals surface area contributed by atoms with Crippen LogP contribution in [0.5, 0.6) is 0 Å². The molecule has 0 saturated carbocycles. The van der Waals surface area contributed by atoms with Gasteiger partial charge in [0, 0.05) is 32.5 Å². The molecule has 37 nitrogen and oxygen atoms in total. The molecule has 2 rings (SSSR count). The van der Waals surface area contributed by atoms with Gasteiger partial charge in [0.05, 0.1) is 19.0 Å². The van der Waals surface area contributed by atoms with E-state index in [2.05, 4.69) is 63.2 Å². The summed E-state index contributed by atoms with van der Waals surface area (Å²) in [5, 5.41) is 54.0. The van der Waals surface area contributed by atoms with E-state index in [1.807, 2.05) is 0 Å². The van der Waals surface area contributed by atoms with Crippen LogP contribution in [0.1, 0.15) is 142 Å². The minimum Gasteiger partial charge on any atom is -0.481 e. The van der Waals surface area contributed by atoms with Crippen LogP contribution < -0.4 is 93.3 Å². The topological polar surface area (TPSA) is 630 Å². The van der Waals surface area contributed by atoms with Crippen molar-refractivity contribution in [3.05, 3.63) is 0 Å². The van der Waals surface area contributed by atoms with Crippen molar-refractivity contribution < 1.29 is 82.4 Å². The molecule has 0 aromatic carbocycles. The molecule has 0 aliphatic carbocycles. The number of amides is 11. The first-order chi connectivity index (χ1) is 44.0. The highest BCUT2D eigenvalue weighted by atomic mass is 16.4. The van der Waals surface area contributed by atoms with Gasteiger partial charge in [0.2, 0.25) is 65.0 Å². The summed E-state index contributed by atoms with van der Waals surface area (Å²) in [6.07, 6.45) is 0.0519. The number of aliphatic carboxylic acids is 3. The molecule has 2 saturated heterocycles. The van der Waals surface area contributed by atoms with Crippen LogP contribution >= 0.6 is 0 Å². The van der Waals surface area contributed by atoms with E-state index in [0.717, 1.165) is 6.42 Å². The van der Waals surface area contributed by atoms with Gasteiger partial charge in [0.15, 0.2) is 11.9 Å². The first-order valence-corrected chi connectivity index (χ1v) is 31.2. The van der Waals surface area contributed by atoms with E-state index in [1.54, 1.807) is 13.8 Å². The molecule has 2 heterocycles. The summed E-state index contributed by atoms with van der Waals surface area (Å²) in [5.41, 5.74) is 38.9. The SMILES string of the molecule is CC(C)C[C@H](NC(=O)[C@H](CC(=O)O)NC(=O)[C@H](CCCN=C(N)N)NC(=O)[C@@H]1CCCN1C(=O)[C@H](CCCCN)NC(=O)[C@H](CCCN=C(N)N)NC(=O)CNC(=O)[C@H](CCCCN)NC(=O)[C@H](CCC(N)=O)NC(=O)[C@@H]1CCCN1)C(=O)N[C@@H](CCC(=O)O)C(=O)O. The lowest BCUT2D eigenvalue weighted by atomic mass is 10.0. The van der Waals surface area contributed by atoms with Crippen molar-refractivity contribution >= 4 is 94.8 Å². The number of likely N-dealkylation sites (tertiary alicyclic amines) is 1. The summed E-state index contributed by atoms with van der Waals surface area (Å²) in [7, 11) is 0. The smallest absolute Gasteiger partial charge is 0.326 e. The van der Waals surface area contributed by atoms with E-state index in [-0.39, 0.29) is 128 Å². The predicted molar refractivity (Wildman–Crippen MR) is 334 cm³/mol. The summed E-state index contributed by atoms with van der Waals surface area (Å²) >= 11 is 0. The minimum atomic E-state index is -1.91. The lowest BCUT2D eigenvalue weighted by Gasteiger charge is -2.31. The molecule has 10 atom stereocenters. The first-order valence-electron chi connectivity index (χ1n) is 31.2. The molecule has 0 aromatic heterocycles. The highest BCUT2D eigenvalue weighted by molar-refractivity contribution is 5.99. The van der Waals surface area contributed by atoms with Crippen LogP contribution in [0.4, 0.5) is 0 Å². The molecule has 2 fully saturated rings. The van der Waals surface area contributed by atoms with Gasteiger partial charge in [-0.1, -0.05) is 13.8 Å². The summed E-state index contributed by atoms with van der Waals surface area (Å²) in [6, 6.07) is -13.8. The number of rotatable bonds is 46. The second-order valence-corrected chi connectivity index (χ2v) is 23.1. The number of primary amides is 1. The van der Waals surface area contributed by atoms with Gasteiger partial charge in [-0.15, -0.1) is 0 Å². The zero-order valence-corrected chi connectivity index (χ0v) is 52.9. The number of nitrogens with zero attached hydrogens (tertiary/aromatic N) is 3. The van der Waals surface area contributed by atoms with Gasteiger partial charge >= 0.3 is 17.9 Å². The Balaban J connectivity index is 2.43. The molecule has 0 unspecified atom stereocenters. The molecular formula is C56H98N20O17. The van der Waals surface area contributed by atoms with Crippen molar-refractivity contribution in [2.75, 3.05) is 45.8 Å². The molecule has 0 spiro atoms.